The van der Waals surface area contributed by atoms with Gasteiger partial charge >= 0.3 is 12.1 Å². The average Bonchev–Trinajstić information content (AvgIpc) is 3.21. The molecule has 0 fully saturated rings. The number of nitrogens with zero attached hydrogens (tertiary/aromatic N) is 3. The monoisotopic (exact) mass is 506 g/mol. The van der Waals surface area contributed by atoms with Crippen molar-refractivity contribution in [3.63, 3.8) is 0 Å². The van der Waals surface area contributed by atoms with E-state index in [1.807, 2.05) is 6.07 Å². The molecular weight excluding hydrogens is 485 g/mol. The number of hydrogen-bond acceptors (Lipinski definition) is 5. The number of nitrogens with one attached hydrogen (secondary N) is 1. The SMILES string of the molecule is COC(=O)c1ccc([C@H](C)NC(=O)c2c(C#N)c3cnccc3n2Cc2cccc(C(F)(F)F)c2)cc1. The summed E-state index contributed by atoms with van der Waals surface area (Å²) in [6, 6.07) is 14.5. The van der Waals surface area contributed by atoms with Gasteiger partial charge in [-0.3, -0.25) is 9.78 Å². The minimum absolute atomic E-state index is 0.0148. The molecule has 2 aromatic carbocycles. The van der Waals surface area contributed by atoms with Gasteiger partial charge in [0.2, 0.25) is 0 Å². The van der Waals surface area contributed by atoms with Gasteiger partial charge < -0.3 is 14.6 Å². The van der Waals surface area contributed by atoms with Gasteiger partial charge in [-0.2, -0.15) is 18.4 Å². The normalized spacial score (nSPS) is 12.1. The van der Waals surface area contributed by atoms with Crippen LogP contribution >= 0.6 is 0 Å². The number of carbonyl (C=O) groups is 2. The molecule has 2 heterocycles. The number of ether oxygens (including phenoxy) is 1. The van der Waals surface area contributed by atoms with E-state index in [9.17, 15) is 28.0 Å². The summed E-state index contributed by atoms with van der Waals surface area (Å²) in [4.78, 5) is 29.2. The number of amides is 1. The Kier molecular flexibility index (Phi) is 6.98. The number of halogens is 3. The lowest BCUT2D eigenvalue weighted by molar-refractivity contribution is -0.137. The van der Waals surface area contributed by atoms with E-state index in [1.54, 1.807) is 37.3 Å². The first-order chi connectivity index (χ1) is 17.6. The number of rotatable bonds is 6. The van der Waals surface area contributed by atoms with Crippen LogP contribution in [-0.4, -0.2) is 28.5 Å². The molecule has 0 unspecified atom stereocenters. The standard InChI is InChI=1S/C27H21F3N4O3/c1-16(18-6-8-19(9-7-18)26(36)37-2)33-25(35)24-21(13-31)22-14-32-11-10-23(22)34(24)15-17-4-3-5-20(12-17)27(28,29)30/h3-12,14,16H,15H2,1-2H3,(H,33,35)/t16-/m0/s1. The summed E-state index contributed by atoms with van der Waals surface area (Å²) in [5.74, 6) is -1.07. The van der Waals surface area contributed by atoms with Gasteiger partial charge in [-0.15, -0.1) is 0 Å². The highest BCUT2D eigenvalue weighted by molar-refractivity contribution is 6.03. The lowest BCUT2D eigenvalue weighted by atomic mass is 10.1. The summed E-state index contributed by atoms with van der Waals surface area (Å²) < 4.78 is 46.0. The zero-order chi connectivity index (χ0) is 26.7. The summed E-state index contributed by atoms with van der Waals surface area (Å²) in [6.45, 7) is 1.66. The van der Waals surface area contributed by atoms with Crippen LogP contribution < -0.4 is 5.32 Å². The fraction of sp³-hybridized carbons (Fsp3) is 0.185. The van der Waals surface area contributed by atoms with Crippen LogP contribution in [0.5, 0.6) is 0 Å². The van der Waals surface area contributed by atoms with Crippen molar-refractivity contribution in [3.05, 3.63) is 101 Å². The van der Waals surface area contributed by atoms with Crippen molar-refractivity contribution in [2.45, 2.75) is 25.7 Å². The smallest absolute Gasteiger partial charge is 0.416 e. The zero-order valence-corrected chi connectivity index (χ0v) is 19.8. The van der Waals surface area contributed by atoms with E-state index >= 15 is 0 Å². The number of pyridine rings is 1. The molecule has 188 valence electrons. The number of hydrogen-bond donors (Lipinski definition) is 1. The summed E-state index contributed by atoms with van der Waals surface area (Å²) >= 11 is 0. The summed E-state index contributed by atoms with van der Waals surface area (Å²) in [7, 11) is 1.28. The highest BCUT2D eigenvalue weighted by Crippen LogP contribution is 2.31. The van der Waals surface area contributed by atoms with E-state index in [0.717, 1.165) is 12.1 Å². The summed E-state index contributed by atoms with van der Waals surface area (Å²) in [5, 5.41) is 13.1. The molecular formula is C27H21F3N4O3. The number of aromatic nitrogens is 2. The lowest BCUT2D eigenvalue weighted by Crippen LogP contribution is -2.29. The van der Waals surface area contributed by atoms with Crippen LogP contribution in [0, 0.1) is 11.3 Å². The number of methoxy groups -OCH3 is 1. The van der Waals surface area contributed by atoms with E-state index in [-0.39, 0.29) is 17.8 Å². The maximum atomic E-state index is 13.5. The van der Waals surface area contributed by atoms with E-state index in [1.165, 1.54) is 36.2 Å². The highest BCUT2D eigenvalue weighted by Gasteiger charge is 2.31. The van der Waals surface area contributed by atoms with Crippen LogP contribution in [0.3, 0.4) is 0 Å². The number of alkyl halides is 3. The Morgan fingerprint density at radius 1 is 1.16 bits per heavy atom. The Morgan fingerprint density at radius 2 is 1.89 bits per heavy atom. The van der Waals surface area contributed by atoms with Crippen LogP contribution in [0.25, 0.3) is 10.9 Å². The fourth-order valence-corrected chi connectivity index (χ4v) is 4.11. The third-order valence-electron chi connectivity index (χ3n) is 5.97. The molecule has 0 saturated carbocycles. The van der Waals surface area contributed by atoms with Crippen molar-refractivity contribution >= 4 is 22.8 Å². The summed E-state index contributed by atoms with van der Waals surface area (Å²) in [5.41, 5.74) is 1.13. The van der Waals surface area contributed by atoms with Gasteiger partial charge in [0, 0.05) is 24.3 Å². The molecule has 4 rings (SSSR count). The molecule has 1 atom stereocenters. The molecule has 0 spiro atoms. The topological polar surface area (TPSA) is 97.0 Å². The predicted molar refractivity (Wildman–Crippen MR) is 129 cm³/mol. The van der Waals surface area contributed by atoms with Crippen molar-refractivity contribution < 1.29 is 27.5 Å². The van der Waals surface area contributed by atoms with E-state index in [2.05, 4.69) is 10.3 Å². The van der Waals surface area contributed by atoms with Gasteiger partial charge in [0.05, 0.1) is 35.4 Å². The van der Waals surface area contributed by atoms with Crippen molar-refractivity contribution in [3.8, 4) is 6.07 Å². The molecule has 10 heteroatoms. The molecule has 0 aliphatic heterocycles. The largest absolute Gasteiger partial charge is 0.465 e. The van der Waals surface area contributed by atoms with Gasteiger partial charge in [0.1, 0.15) is 11.8 Å². The van der Waals surface area contributed by atoms with Crippen molar-refractivity contribution in [2.24, 2.45) is 0 Å². The van der Waals surface area contributed by atoms with Gasteiger partial charge in [-0.25, -0.2) is 4.79 Å². The maximum absolute atomic E-state index is 13.5. The maximum Gasteiger partial charge on any atom is 0.416 e. The first kappa shape index (κ1) is 25.4. The van der Waals surface area contributed by atoms with Crippen LogP contribution in [0.4, 0.5) is 13.2 Å². The Balaban J connectivity index is 1.72. The molecule has 37 heavy (non-hydrogen) atoms. The second kappa shape index (κ2) is 10.1. The predicted octanol–water partition coefficient (Wildman–Crippen LogP) is 5.25. The van der Waals surface area contributed by atoms with E-state index in [0.29, 0.717) is 27.6 Å². The van der Waals surface area contributed by atoms with Crippen LogP contribution in [0.1, 0.15) is 56.1 Å². The quantitative estimate of drug-likeness (QED) is 0.360. The Morgan fingerprint density at radius 3 is 2.54 bits per heavy atom. The molecule has 2 aromatic heterocycles. The number of nitriles is 1. The van der Waals surface area contributed by atoms with Crippen LogP contribution in [0.2, 0.25) is 0 Å². The molecule has 7 nitrogen and oxygen atoms in total. The number of fused-ring (bicyclic) bond motifs is 1. The summed E-state index contributed by atoms with van der Waals surface area (Å²) in [6.07, 6.45) is -1.59. The first-order valence-electron chi connectivity index (χ1n) is 11.2. The molecule has 4 aromatic rings. The average molecular weight is 506 g/mol. The van der Waals surface area contributed by atoms with Crippen LogP contribution in [-0.2, 0) is 17.5 Å². The molecule has 1 N–H and O–H groups in total. The minimum atomic E-state index is -4.52. The van der Waals surface area contributed by atoms with Crippen LogP contribution in [0.15, 0.2) is 67.0 Å². The Labute approximate surface area is 210 Å². The fourth-order valence-electron chi connectivity index (χ4n) is 4.11. The molecule has 0 aliphatic rings. The van der Waals surface area contributed by atoms with E-state index < -0.39 is 29.7 Å². The number of benzene rings is 2. The number of esters is 1. The van der Waals surface area contributed by atoms with Crippen molar-refractivity contribution in [1.29, 1.82) is 5.26 Å². The minimum Gasteiger partial charge on any atom is -0.465 e. The Bertz CT molecular complexity index is 1520. The number of carbonyl (C=O) groups excluding carboxylic acids is 2. The third-order valence-corrected chi connectivity index (χ3v) is 5.97. The second-order valence-corrected chi connectivity index (χ2v) is 8.32. The van der Waals surface area contributed by atoms with E-state index in [4.69, 9.17) is 4.74 Å². The third kappa shape index (κ3) is 5.16. The first-order valence-corrected chi connectivity index (χ1v) is 11.2. The van der Waals surface area contributed by atoms with Gasteiger partial charge in [0.25, 0.3) is 5.91 Å². The second-order valence-electron chi connectivity index (χ2n) is 8.32. The Hall–Kier alpha value is -4.65. The zero-order valence-electron chi connectivity index (χ0n) is 19.8. The van der Waals surface area contributed by atoms with Gasteiger partial charge in [-0.05, 0) is 48.4 Å². The lowest BCUT2D eigenvalue weighted by Gasteiger charge is -2.17. The van der Waals surface area contributed by atoms with Gasteiger partial charge in [0.15, 0.2) is 0 Å². The molecule has 0 saturated heterocycles. The highest BCUT2D eigenvalue weighted by atomic mass is 19.4. The van der Waals surface area contributed by atoms with Crippen molar-refractivity contribution in [2.75, 3.05) is 7.11 Å². The molecule has 1 amide bonds. The molecule has 0 bridgehead atoms. The van der Waals surface area contributed by atoms with Crippen molar-refractivity contribution in [1.82, 2.24) is 14.9 Å². The molecule has 0 aliphatic carbocycles. The van der Waals surface area contributed by atoms with Gasteiger partial charge in [-0.1, -0.05) is 24.3 Å². The molecule has 0 radical (unpaired) electrons.